The molecule has 120 valence electrons. The molecule has 1 fully saturated rings. The van der Waals surface area contributed by atoms with Gasteiger partial charge in [0.15, 0.2) is 0 Å². The largest absolute Gasteiger partial charge is 0.495 e. The molecule has 1 aliphatic rings. The van der Waals surface area contributed by atoms with Crippen molar-refractivity contribution >= 4 is 29.3 Å². The van der Waals surface area contributed by atoms with Crippen LogP contribution in [0.1, 0.15) is 43.6 Å². The lowest BCUT2D eigenvalue weighted by atomic mass is 9.75. The number of benzene rings is 2. The van der Waals surface area contributed by atoms with E-state index in [-0.39, 0.29) is 0 Å². The fraction of sp³-hybridized carbons (Fsp3) is 0.389. The van der Waals surface area contributed by atoms with Crippen molar-refractivity contribution in [2.45, 2.75) is 45.8 Å². The maximum absolute atomic E-state index is 11.3. The molecule has 4 nitrogen and oxygen atoms in total. The fourth-order valence-corrected chi connectivity index (χ4v) is 2.86. The number of hydrogen-bond donors (Lipinski definition) is 1. The van der Waals surface area contributed by atoms with Gasteiger partial charge in [-0.25, -0.2) is 4.79 Å². The highest BCUT2D eigenvalue weighted by Crippen LogP contribution is 2.37. The molecule has 0 saturated carbocycles. The highest BCUT2D eigenvalue weighted by molar-refractivity contribution is 6.65. The lowest BCUT2D eigenvalue weighted by Crippen LogP contribution is -2.41. The predicted molar refractivity (Wildman–Crippen MR) is 91.4 cm³/mol. The van der Waals surface area contributed by atoms with Gasteiger partial charge in [0.05, 0.1) is 16.8 Å². The number of aromatic carboxylic acids is 1. The summed E-state index contributed by atoms with van der Waals surface area (Å²) >= 11 is 0. The first-order valence-electron chi connectivity index (χ1n) is 7.74. The van der Waals surface area contributed by atoms with Crippen molar-refractivity contribution in [3.8, 4) is 0 Å². The molecule has 2 aromatic carbocycles. The van der Waals surface area contributed by atoms with Crippen LogP contribution >= 0.6 is 0 Å². The second-order valence-corrected chi connectivity index (χ2v) is 7.13. The van der Waals surface area contributed by atoms with E-state index in [9.17, 15) is 9.90 Å². The van der Waals surface area contributed by atoms with Gasteiger partial charge in [-0.15, -0.1) is 0 Å². The van der Waals surface area contributed by atoms with Crippen molar-refractivity contribution in [2.75, 3.05) is 0 Å². The van der Waals surface area contributed by atoms with Crippen LogP contribution in [0.5, 0.6) is 0 Å². The lowest BCUT2D eigenvalue weighted by molar-refractivity contribution is 0.00578. The van der Waals surface area contributed by atoms with Crippen molar-refractivity contribution in [3.63, 3.8) is 0 Å². The summed E-state index contributed by atoms with van der Waals surface area (Å²) in [7, 11) is -0.459. The fourth-order valence-electron chi connectivity index (χ4n) is 2.86. The van der Waals surface area contributed by atoms with E-state index in [0.717, 1.165) is 21.8 Å². The minimum Gasteiger partial charge on any atom is -0.478 e. The molecule has 1 heterocycles. The molecular formula is C18H21BO4. The van der Waals surface area contributed by atoms with Crippen molar-refractivity contribution < 1.29 is 19.2 Å². The Balaban J connectivity index is 2.13. The number of fused-ring (bicyclic) bond motifs is 1. The van der Waals surface area contributed by atoms with Gasteiger partial charge in [0, 0.05) is 0 Å². The van der Waals surface area contributed by atoms with Crippen LogP contribution in [0, 0.1) is 6.92 Å². The first-order chi connectivity index (χ1) is 10.6. The van der Waals surface area contributed by atoms with Crippen LogP contribution < -0.4 is 5.46 Å². The monoisotopic (exact) mass is 312 g/mol. The minimum absolute atomic E-state index is 0.323. The van der Waals surface area contributed by atoms with Gasteiger partial charge in [0.2, 0.25) is 0 Å². The second-order valence-electron chi connectivity index (χ2n) is 7.13. The zero-order valence-corrected chi connectivity index (χ0v) is 14.1. The van der Waals surface area contributed by atoms with Crippen LogP contribution in [0.15, 0.2) is 30.3 Å². The third-order valence-corrected chi connectivity index (χ3v) is 5.00. The molecule has 0 spiro atoms. The maximum Gasteiger partial charge on any atom is 0.495 e. The third kappa shape index (κ3) is 2.54. The van der Waals surface area contributed by atoms with E-state index in [0.29, 0.717) is 5.56 Å². The number of carboxylic acid groups (broad SMARTS) is 1. The van der Waals surface area contributed by atoms with E-state index in [1.165, 1.54) is 0 Å². The maximum atomic E-state index is 11.3. The highest BCUT2D eigenvalue weighted by atomic mass is 16.7. The lowest BCUT2D eigenvalue weighted by Gasteiger charge is -2.32. The molecule has 3 rings (SSSR count). The summed E-state index contributed by atoms with van der Waals surface area (Å²) in [5.41, 5.74) is 1.17. The van der Waals surface area contributed by atoms with Crippen LogP contribution in [0.2, 0.25) is 0 Å². The number of hydrogen-bond acceptors (Lipinski definition) is 3. The Morgan fingerprint density at radius 1 is 1.09 bits per heavy atom. The zero-order chi connectivity index (χ0) is 17.0. The highest BCUT2D eigenvalue weighted by Gasteiger charge is 2.52. The van der Waals surface area contributed by atoms with E-state index < -0.39 is 24.3 Å². The van der Waals surface area contributed by atoms with E-state index in [4.69, 9.17) is 9.31 Å². The molecule has 0 amide bonds. The van der Waals surface area contributed by atoms with Crippen LogP contribution in [-0.4, -0.2) is 29.4 Å². The van der Waals surface area contributed by atoms with Gasteiger partial charge >= 0.3 is 13.1 Å². The Morgan fingerprint density at radius 3 is 2.26 bits per heavy atom. The van der Waals surface area contributed by atoms with E-state index in [1.807, 2.05) is 58.9 Å². The number of carboxylic acids is 1. The number of rotatable bonds is 2. The van der Waals surface area contributed by atoms with Gasteiger partial charge in [-0.3, -0.25) is 0 Å². The summed E-state index contributed by atoms with van der Waals surface area (Å²) in [6.45, 7) is 9.89. The molecule has 0 radical (unpaired) electrons. The average Bonchev–Trinajstić information content (AvgIpc) is 2.65. The average molecular weight is 312 g/mol. The van der Waals surface area contributed by atoms with E-state index in [1.54, 1.807) is 6.07 Å². The SMILES string of the molecule is Cc1cc2c(B3OC(C)(C)C(C)(C)O3)cccc2cc1C(=O)O. The zero-order valence-electron chi connectivity index (χ0n) is 14.1. The third-order valence-electron chi connectivity index (χ3n) is 5.00. The van der Waals surface area contributed by atoms with Crippen molar-refractivity contribution in [2.24, 2.45) is 0 Å². The molecule has 0 atom stereocenters. The molecule has 0 aromatic heterocycles. The topological polar surface area (TPSA) is 55.8 Å². The predicted octanol–water partition coefficient (Wildman–Crippen LogP) is 3.15. The Kier molecular flexibility index (Phi) is 3.54. The summed E-state index contributed by atoms with van der Waals surface area (Å²) in [6.07, 6.45) is 0. The summed E-state index contributed by atoms with van der Waals surface area (Å²) in [6, 6.07) is 9.41. The first kappa shape index (κ1) is 16.0. The Bertz CT molecular complexity index is 779. The normalized spacial score (nSPS) is 19.3. The summed E-state index contributed by atoms with van der Waals surface area (Å²) in [4.78, 5) is 11.3. The summed E-state index contributed by atoms with van der Waals surface area (Å²) in [5.74, 6) is -0.912. The standard InChI is InChI=1S/C18H21BO4/c1-11-9-14-12(10-13(11)16(20)21)7-6-8-15(14)19-22-17(2,3)18(4,5)23-19/h6-10H,1-5H3,(H,20,21). The van der Waals surface area contributed by atoms with Gasteiger partial charge in [0.1, 0.15) is 0 Å². The van der Waals surface area contributed by atoms with Crippen LogP contribution in [-0.2, 0) is 9.31 Å². The van der Waals surface area contributed by atoms with Gasteiger partial charge in [-0.2, -0.15) is 0 Å². The van der Waals surface area contributed by atoms with Gasteiger partial charge in [-0.05, 0) is 62.5 Å². The minimum atomic E-state index is -0.912. The van der Waals surface area contributed by atoms with Crippen LogP contribution in [0.25, 0.3) is 10.8 Å². The quantitative estimate of drug-likeness (QED) is 0.866. The Labute approximate surface area is 136 Å². The summed E-state index contributed by atoms with van der Waals surface area (Å²) < 4.78 is 12.3. The van der Waals surface area contributed by atoms with Crippen LogP contribution in [0.4, 0.5) is 0 Å². The molecule has 1 N–H and O–H groups in total. The molecular weight excluding hydrogens is 291 g/mol. The first-order valence-corrected chi connectivity index (χ1v) is 7.74. The molecule has 1 saturated heterocycles. The van der Waals surface area contributed by atoms with Crippen molar-refractivity contribution in [3.05, 3.63) is 41.5 Å². The van der Waals surface area contributed by atoms with E-state index >= 15 is 0 Å². The molecule has 0 bridgehead atoms. The number of carbonyl (C=O) groups is 1. The molecule has 0 aliphatic carbocycles. The van der Waals surface area contributed by atoms with Crippen molar-refractivity contribution in [1.82, 2.24) is 0 Å². The van der Waals surface area contributed by atoms with Gasteiger partial charge in [-0.1, -0.05) is 24.3 Å². The van der Waals surface area contributed by atoms with E-state index in [2.05, 4.69) is 0 Å². The number of aryl methyl sites for hydroxylation is 1. The summed E-state index contributed by atoms with van der Waals surface area (Å²) in [5, 5.41) is 11.1. The van der Waals surface area contributed by atoms with Crippen molar-refractivity contribution in [1.29, 1.82) is 0 Å². The molecule has 1 aliphatic heterocycles. The van der Waals surface area contributed by atoms with Gasteiger partial charge in [0.25, 0.3) is 0 Å². The van der Waals surface area contributed by atoms with Crippen LogP contribution in [0.3, 0.4) is 0 Å². The Morgan fingerprint density at radius 2 is 1.70 bits per heavy atom. The Hall–Kier alpha value is -1.85. The molecule has 2 aromatic rings. The molecule has 23 heavy (non-hydrogen) atoms. The molecule has 0 unspecified atom stereocenters. The van der Waals surface area contributed by atoms with Gasteiger partial charge < -0.3 is 14.4 Å². The second kappa shape index (κ2) is 5.08. The molecule has 5 heteroatoms. The smallest absolute Gasteiger partial charge is 0.478 e.